The monoisotopic (exact) mass is 382 g/mol. The van der Waals surface area contributed by atoms with Gasteiger partial charge in [-0.05, 0) is 5.56 Å². The molecule has 0 aliphatic carbocycles. The largest absolute Gasteiger partial charge is 0.465 e. The first-order valence-electron chi connectivity index (χ1n) is 7.44. The Balaban J connectivity index is 1.84. The lowest BCUT2D eigenvalue weighted by Gasteiger charge is -2.34. The van der Waals surface area contributed by atoms with Crippen molar-refractivity contribution in [2.45, 2.75) is 18.9 Å². The van der Waals surface area contributed by atoms with Gasteiger partial charge in [0.25, 0.3) is 0 Å². The van der Waals surface area contributed by atoms with Gasteiger partial charge in [-0.1, -0.05) is 46.3 Å². The van der Waals surface area contributed by atoms with Gasteiger partial charge in [-0.2, -0.15) is 0 Å². The summed E-state index contributed by atoms with van der Waals surface area (Å²) in [6.45, 7) is 1.05. The number of hydrogen-bond donors (Lipinski definition) is 1. The molecular weight excluding hydrogens is 364 g/mol. The van der Waals surface area contributed by atoms with Crippen LogP contribution >= 0.6 is 15.9 Å². The minimum Gasteiger partial charge on any atom is -0.465 e. The van der Waals surface area contributed by atoms with Gasteiger partial charge in [-0.25, -0.2) is 0 Å². The van der Waals surface area contributed by atoms with Crippen molar-refractivity contribution in [1.29, 1.82) is 0 Å². The van der Waals surface area contributed by atoms with Crippen LogP contribution in [0, 0.1) is 0 Å². The van der Waals surface area contributed by atoms with Crippen LogP contribution in [0.1, 0.15) is 12.0 Å². The van der Waals surface area contributed by atoms with Crippen molar-refractivity contribution in [2.75, 3.05) is 25.0 Å². The van der Waals surface area contributed by atoms with Gasteiger partial charge in [0.05, 0.1) is 18.4 Å². The molecular formula is C16H19BrN2O4. The Morgan fingerprint density at radius 2 is 2.04 bits per heavy atom. The Bertz CT molecular complexity index is 564. The third kappa shape index (κ3) is 5.06. The quantitative estimate of drug-likeness (QED) is 0.585. The average Bonchev–Trinajstić information content (AvgIpc) is 2.57. The zero-order valence-electron chi connectivity index (χ0n) is 12.7. The van der Waals surface area contributed by atoms with Crippen LogP contribution in [0.15, 0.2) is 30.3 Å². The molecule has 0 aromatic heterocycles. The van der Waals surface area contributed by atoms with E-state index in [1.54, 1.807) is 0 Å². The number of amides is 2. The molecule has 1 atom stereocenters. The molecule has 1 aliphatic rings. The molecule has 1 fully saturated rings. The van der Waals surface area contributed by atoms with Gasteiger partial charge >= 0.3 is 5.97 Å². The highest BCUT2D eigenvalue weighted by Gasteiger charge is 2.34. The lowest BCUT2D eigenvalue weighted by Crippen LogP contribution is -2.58. The summed E-state index contributed by atoms with van der Waals surface area (Å²) in [7, 11) is 0. The molecule has 1 N–H and O–H groups in total. The predicted molar refractivity (Wildman–Crippen MR) is 88.0 cm³/mol. The van der Waals surface area contributed by atoms with E-state index in [1.165, 1.54) is 4.90 Å². The number of carbonyl (C=O) groups is 3. The van der Waals surface area contributed by atoms with Crippen LogP contribution in [0.2, 0.25) is 0 Å². The van der Waals surface area contributed by atoms with E-state index in [0.29, 0.717) is 19.5 Å². The van der Waals surface area contributed by atoms with Crippen LogP contribution in [-0.4, -0.2) is 53.8 Å². The molecule has 1 heterocycles. The molecule has 0 spiro atoms. The van der Waals surface area contributed by atoms with Crippen LogP contribution < -0.4 is 5.32 Å². The lowest BCUT2D eigenvalue weighted by molar-refractivity contribution is -0.151. The summed E-state index contributed by atoms with van der Waals surface area (Å²) in [6.07, 6.45) is 0.493. The molecule has 124 valence electrons. The van der Waals surface area contributed by atoms with E-state index >= 15 is 0 Å². The maximum Gasteiger partial charge on any atom is 0.308 e. The molecule has 0 saturated carbocycles. The van der Waals surface area contributed by atoms with Crippen molar-refractivity contribution in [2.24, 2.45) is 0 Å². The third-order valence-corrected chi connectivity index (χ3v) is 4.10. The molecule has 1 aliphatic heterocycles. The van der Waals surface area contributed by atoms with Crippen molar-refractivity contribution in [3.63, 3.8) is 0 Å². The number of carbonyl (C=O) groups excluding carboxylic acids is 3. The van der Waals surface area contributed by atoms with Crippen LogP contribution in [0.5, 0.6) is 0 Å². The second-order valence-corrected chi connectivity index (χ2v) is 5.75. The summed E-state index contributed by atoms with van der Waals surface area (Å²) in [5, 5.41) is 2.80. The molecule has 23 heavy (non-hydrogen) atoms. The van der Waals surface area contributed by atoms with Gasteiger partial charge in [0.15, 0.2) is 0 Å². The molecule has 7 heteroatoms. The Labute approximate surface area is 143 Å². The molecule has 2 rings (SSSR count). The van der Waals surface area contributed by atoms with E-state index in [9.17, 15) is 14.4 Å². The van der Waals surface area contributed by atoms with Gasteiger partial charge in [0.1, 0.15) is 6.04 Å². The molecule has 1 unspecified atom stereocenters. The van der Waals surface area contributed by atoms with Gasteiger partial charge in [-0.3, -0.25) is 14.4 Å². The number of benzene rings is 1. The number of nitrogens with zero attached hydrogens (tertiary/aromatic N) is 1. The standard InChI is InChI=1S/C16H19BrN2O4/c17-11-14(20)19-8-7-18-16(22)13(19)10-15(21)23-9-6-12-4-2-1-3-5-12/h1-5,13H,6-11H2,(H,18,22). The average molecular weight is 383 g/mol. The summed E-state index contributed by atoms with van der Waals surface area (Å²) >= 11 is 3.09. The zero-order valence-corrected chi connectivity index (χ0v) is 14.3. The predicted octanol–water partition coefficient (Wildman–Crippen LogP) is 0.884. The lowest BCUT2D eigenvalue weighted by atomic mass is 10.1. The number of halogens is 1. The van der Waals surface area contributed by atoms with Gasteiger partial charge in [-0.15, -0.1) is 0 Å². The first-order valence-corrected chi connectivity index (χ1v) is 8.56. The van der Waals surface area contributed by atoms with E-state index in [-0.39, 0.29) is 30.2 Å². The summed E-state index contributed by atoms with van der Waals surface area (Å²) in [5.41, 5.74) is 1.08. The van der Waals surface area contributed by atoms with Crippen LogP contribution in [0.3, 0.4) is 0 Å². The fraction of sp³-hybridized carbons (Fsp3) is 0.438. The highest BCUT2D eigenvalue weighted by Crippen LogP contribution is 2.11. The SMILES string of the molecule is O=C(CC1C(=O)NCCN1C(=O)CBr)OCCc1ccccc1. The Kier molecular flexibility index (Phi) is 6.58. The fourth-order valence-corrected chi connectivity index (χ4v) is 2.76. The normalized spacial score (nSPS) is 17.5. The summed E-state index contributed by atoms with van der Waals surface area (Å²) < 4.78 is 5.19. The molecule has 1 aromatic carbocycles. The molecule has 6 nitrogen and oxygen atoms in total. The Morgan fingerprint density at radius 3 is 2.74 bits per heavy atom. The number of rotatable bonds is 6. The second kappa shape index (κ2) is 8.67. The van der Waals surface area contributed by atoms with Gasteiger partial charge < -0.3 is 15.0 Å². The minimum absolute atomic E-state index is 0.125. The molecule has 0 radical (unpaired) electrons. The number of nitrogens with one attached hydrogen (secondary N) is 1. The van der Waals surface area contributed by atoms with Gasteiger partial charge in [0.2, 0.25) is 11.8 Å². The van der Waals surface area contributed by atoms with Crippen molar-refractivity contribution >= 4 is 33.7 Å². The maximum atomic E-state index is 12.0. The van der Waals surface area contributed by atoms with Crippen LogP contribution in [0.4, 0.5) is 0 Å². The maximum absolute atomic E-state index is 12.0. The fourth-order valence-electron chi connectivity index (χ4n) is 2.44. The van der Waals surface area contributed by atoms with E-state index in [0.717, 1.165) is 5.56 Å². The van der Waals surface area contributed by atoms with Gasteiger partial charge in [0, 0.05) is 19.5 Å². The van der Waals surface area contributed by atoms with Crippen molar-refractivity contribution in [3.8, 4) is 0 Å². The number of ether oxygens (including phenoxy) is 1. The number of piperazine rings is 1. The second-order valence-electron chi connectivity index (χ2n) is 5.19. The highest BCUT2D eigenvalue weighted by molar-refractivity contribution is 9.09. The Hall–Kier alpha value is -1.89. The van der Waals surface area contributed by atoms with E-state index in [4.69, 9.17) is 4.74 Å². The first-order chi connectivity index (χ1) is 11.1. The highest BCUT2D eigenvalue weighted by atomic mass is 79.9. The number of esters is 1. The third-order valence-electron chi connectivity index (χ3n) is 3.62. The number of hydrogen-bond acceptors (Lipinski definition) is 4. The van der Waals surface area contributed by atoms with E-state index < -0.39 is 12.0 Å². The minimum atomic E-state index is -0.793. The summed E-state index contributed by atoms with van der Waals surface area (Å²) in [5.74, 6) is -0.997. The molecule has 1 saturated heterocycles. The summed E-state index contributed by atoms with van der Waals surface area (Å²) in [6, 6.07) is 8.89. The molecule has 0 bridgehead atoms. The molecule has 1 aromatic rings. The zero-order chi connectivity index (χ0) is 16.7. The van der Waals surface area contributed by atoms with Crippen molar-refractivity contribution < 1.29 is 19.1 Å². The van der Waals surface area contributed by atoms with E-state index in [1.807, 2.05) is 30.3 Å². The first kappa shape index (κ1) is 17.5. The molecule has 2 amide bonds. The smallest absolute Gasteiger partial charge is 0.308 e. The van der Waals surface area contributed by atoms with E-state index in [2.05, 4.69) is 21.2 Å². The summed E-state index contributed by atoms with van der Waals surface area (Å²) in [4.78, 5) is 37.2. The van der Waals surface area contributed by atoms with Crippen molar-refractivity contribution in [1.82, 2.24) is 10.2 Å². The number of alkyl halides is 1. The Morgan fingerprint density at radius 1 is 1.30 bits per heavy atom. The van der Waals surface area contributed by atoms with Crippen molar-refractivity contribution in [3.05, 3.63) is 35.9 Å². The topological polar surface area (TPSA) is 75.7 Å². The van der Waals surface area contributed by atoms with Crippen LogP contribution in [-0.2, 0) is 25.5 Å². The van der Waals surface area contributed by atoms with Crippen LogP contribution in [0.25, 0.3) is 0 Å².